The maximum absolute atomic E-state index is 14.0. The summed E-state index contributed by atoms with van der Waals surface area (Å²) in [4.78, 5) is 25.0. The van der Waals surface area contributed by atoms with E-state index in [-0.39, 0.29) is 35.6 Å². The highest BCUT2D eigenvalue weighted by molar-refractivity contribution is 7.91. The number of carbonyl (C=O) groups excluding carboxylic acids is 2. The van der Waals surface area contributed by atoms with Crippen LogP contribution in [0, 0.1) is 11.7 Å². The Balaban J connectivity index is 1.49. The molecule has 1 N–H and O–H groups in total. The zero-order chi connectivity index (χ0) is 23.5. The normalized spacial score (nSPS) is 19.4. The van der Waals surface area contributed by atoms with Crippen LogP contribution in [0.4, 0.5) is 9.18 Å². The maximum Gasteiger partial charge on any atom is 0.325 e. The molecule has 7 nitrogen and oxygen atoms in total. The molecule has 2 fully saturated rings. The van der Waals surface area contributed by atoms with Gasteiger partial charge in [0.1, 0.15) is 5.54 Å². The fraction of sp³-hybridized carbons (Fsp3) is 0.565. The fourth-order valence-electron chi connectivity index (χ4n) is 3.54. The molecule has 1 heterocycles. The second kappa shape index (κ2) is 9.60. The third kappa shape index (κ3) is 6.09. The molecule has 0 unspecified atom stereocenters. The topological polar surface area (TPSA) is 92.8 Å². The molecular weight excluding hydrogens is 435 g/mol. The Hall–Kier alpha value is -2.42. The number of nitrogens with zero attached hydrogens (tertiary/aromatic N) is 1. The number of nitrogens with one attached hydrogen (secondary N) is 1. The van der Waals surface area contributed by atoms with E-state index in [9.17, 15) is 22.4 Å². The molecule has 0 radical (unpaired) electrons. The number of ether oxygens (including phenoxy) is 1. The van der Waals surface area contributed by atoms with E-state index in [0.717, 1.165) is 18.4 Å². The highest BCUT2D eigenvalue weighted by Crippen LogP contribution is 2.31. The lowest BCUT2D eigenvalue weighted by Crippen LogP contribution is -2.44. The third-order valence-corrected chi connectivity index (χ3v) is 7.81. The van der Waals surface area contributed by atoms with Gasteiger partial charge in [0, 0.05) is 6.54 Å². The average Bonchev–Trinajstić information content (AvgIpc) is 3.50. The standard InChI is InChI=1S/C23H31FN2O5S/c1-16(18-9-10-19(24)20(13-18)31-14-17-7-8-17)15-32(29,30)12-6-4-5-11-26-22(28)25-21(27)23(26,2)3/h4-5,9-10,13,16-17H,6-8,11-12,14-15H2,1-3H3,(H,25,27,28)/b5-4+/t16-/m0/s1. The van der Waals surface area contributed by atoms with Crippen LogP contribution < -0.4 is 10.1 Å². The van der Waals surface area contributed by atoms with Crippen molar-refractivity contribution in [1.29, 1.82) is 0 Å². The van der Waals surface area contributed by atoms with Crippen LogP contribution in [-0.2, 0) is 14.6 Å². The minimum absolute atomic E-state index is 0.0331. The van der Waals surface area contributed by atoms with Crippen LogP contribution in [0.1, 0.15) is 51.5 Å². The summed E-state index contributed by atoms with van der Waals surface area (Å²) < 4.78 is 44.6. The second-order valence-electron chi connectivity index (χ2n) is 9.15. The van der Waals surface area contributed by atoms with E-state index < -0.39 is 27.2 Å². The lowest BCUT2D eigenvalue weighted by atomic mass is 10.0. The average molecular weight is 467 g/mol. The molecule has 0 aromatic heterocycles. The molecule has 3 amide bonds. The van der Waals surface area contributed by atoms with E-state index in [1.165, 1.54) is 11.0 Å². The minimum Gasteiger partial charge on any atom is -0.490 e. The van der Waals surface area contributed by atoms with E-state index >= 15 is 0 Å². The second-order valence-corrected chi connectivity index (χ2v) is 11.4. The van der Waals surface area contributed by atoms with Crippen LogP contribution in [0.3, 0.4) is 0 Å². The van der Waals surface area contributed by atoms with Crippen LogP contribution in [0.15, 0.2) is 30.4 Å². The molecule has 1 aliphatic carbocycles. The van der Waals surface area contributed by atoms with Crippen molar-refractivity contribution in [3.63, 3.8) is 0 Å². The molecule has 176 valence electrons. The highest BCUT2D eigenvalue weighted by Gasteiger charge is 2.44. The number of imide groups is 1. The zero-order valence-corrected chi connectivity index (χ0v) is 19.6. The summed E-state index contributed by atoms with van der Waals surface area (Å²) in [5, 5.41) is 2.27. The molecule has 1 atom stereocenters. The molecule has 1 saturated heterocycles. The van der Waals surface area contributed by atoms with Crippen molar-refractivity contribution in [2.45, 2.75) is 51.5 Å². The van der Waals surface area contributed by atoms with Gasteiger partial charge in [0.25, 0.3) is 5.91 Å². The first-order valence-corrected chi connectivity index (χ1v) is 12.7. The van der Waals surface area contributed by atoms with E-state index in [0.29, 0.717) is 18.9 Å². The van der Waals surface area contributed by atoms with Crippen LogP contribution in [-0.4, -0.2) is 55.5 Å². The van der Waals surface area contributed by atoms with Crippen LogP contribution in [0.25, 0.3) is 0 Å². The minimum atomic E-state index is -3.34. The zero-order valence-electron chi connectivity index (χ0n) is 18.8. The first-order chi connectivity index (χ1) is 15.0. The van der Waals surface area contributed by atoms with E-state index in [2.05, 4.69) is 5.32 Å². The van der Waals surface area contributed by atoms with Gasteiger partial charge in [-0.05, 0) is 62.6 Å². The lowest BCUT2D eigenvalue weighted by molar-refractivity contribution is -0.124. The smallest absolute Gasteiger partial charge is 0.325 e. The van der Waals surface area contributed by atoms with E-state index in [1.54, 1.807) is 45.1 Å². The Labute approximate surface area is 188 Å². The molecule has 1 saturated carbocycles. The van der Waals surface area contributed by atoms with Gasteiger partial charge in [0.05, 0.1) is 18.1 Å². The molecule has 32 heavy (non-hydrogen) atoms. The SMILES string of the molecule is C[C@@H](CS(=O)(=O)CC/C=C/CN1C(=O)NC(=O)C1(C)C)c1ccc(F)c(OCC2CC2)c1. The Kier molecular flexibility index (Phi) is 7.27. The first kappa shape index (κ1) is 24.2. The molecule has 0 bridgehead atoms. The van der Waals surface area contributed by atoms with Crippen molar-refractivity contribution >= 4 is 21.8 Å². The summed E-state index contributed by atoms with van der Waals surface area (Å²) in [6.45, 7) is 5.83. The Morgan fingerprint density at radius 3 is 2.62 bits per heavy atom. The number of amides is 3. The summed E-state index contributed by atoms with van der Waals surface area (Å²) in [7, 11) is -3.34. The predicted molar refractivity (Wildman–Crippen MR) is 120 cm³/mol. The molecule has 0 spiro atoms. The van der Waals surface area contributed by atoms with Gasteiger partial charge in [-0.2, -0.15) is 0 Å². The molecule has 1 aliphatic heterocycles. The number of urea groups is 1. The summed E-state index contributed by atoms with van der Waals surface area (Å²) in [5.41, 5.74) is -0.206. The summed E-state index contributed by atoms with van der Waals surface area (Å²) in [6.07, 6.45) is 5.91. The quantitative estimate of drug-likeness (QED) is 0.399. The summed E-state index contributed by atoms with van der Waals surface area (Å²) in [5.74, 6) is -0.503. The number of allylic oxidation sites excluding steroid dienone is 1. The van der Waals surface area contributed by atoms with Gasteiger partial charge < -0.3 is 9.64 Å². The number of hydrogen-bond acceptors (Lipinski definition) is 5. The van der Waals surface area contributed by atoms with Gasteiger partial charge in [-0.3, -0.25) is 10.1 Å². The van der Waals surface area contributed by atoms with Gasteiger partial charge in [-0.25, -0.2) is 17.6 Å². The van der Waals surface area contributed by atoms with Crippen LogP contribution >= 0.6 is 0 Å². The molecule has 2 aliphatic rings. The maximum atomic E-state index is 14.0. The van der Waals surface area contributed by atoms with Gasteiger partial charge in [-0.15, -0.1) is 0 Å². The number of sulfone groups is 1. The largest absolute Gasteiger partial charge is 0.490 e. The van der Waals surface area contributed by atoms with Gasteiger partial charge in [0.2, 0.25) is 0 Å². The van der Waals surface area contributed by atoms with Gasteiger partial charge >= 0.3 is 6.03 Å². The monoisotopic (exact) mass is 466 g/mol. The van der Waals surface area contributed by atoms with Crippen molar-refractivity contribution < 1.29 is 27.1 Å². The van der Waals surface area contributed by atoms with Gasteiger partial charge in [-0.1, -0.05) is 25.1 Å². The van der Waals surface area contributed by atoms with Crippen LogP contribution in [0.5, 0.6) is 5.75 Å². The lowest BCUT2D eigenvalue weighted by Gasteiger charge is -2.26. The van der Waals surface area contributed by atoms with Crippen molar-refractivity contribution in [2.24, 2.45) is 5.92 Å². The molecule has 9 heteroatoms. The Morgan fingerprint density at radius 1 is 1.28 bits per heavy atom. The predicted octanol–water partition coefficient (Wildman–Crippen LogP) is 3.41. The number of halogens is 1. The first-order valence-electron chi connectivity index (χ1n) is 10.9. The van der Waals surface area contributed by atoms with Crippen molar-refractivity contribution in [2.75, 3.05) is 24.7 Å². The number of benzene rings is 1. The van der Waals surface area contributed by atoms with E-state index in [1.807, 2.05) is 0 Å². The number of rotatable bonds is 11. The molecule has 1 aromatic rings. The summed E-state index contributed by atoms with van der Waals surface area (Å²) in [6, 6.07) is 4.07. The van der Waals surface area contributed by atoms with Crippen LogP contribution in [0.2, 0.25) is 0 Å². The molecule has 3 rings (SSSR count). The molecule has 1 aromatic carbocycles. The van der Waals surface area contributed by atoms with Gasteiger partial charge in [0.15, 0.2) is 21.4 Å². The third-order valence-electron chi connectivity index (χ3n) is 5.95. The number of hydrogen-bond donors (Lipinski definition) is 1. The summed E-state index contributed by atoms with van der Waals surface area (Å²) >= 11 is 0. The Morgan fingerprint density at radius 2 is 2.00 bits per heavy atom. The van der Waals surface area contributed by atoms with Crippen molar-refractivity contribution in [1.82, 2.24) is 10.2 Å². The van der Waals surface area contributed by atoms with Crippen molar-refractivity contribution in [3.05, 3.63) is 41.7 Å². The molecular formula is C23H31FN2O5S. The number of carbonyl (C=O) groups is 2. The fourth-order valence-corrected chi connectivity index (χ4v) is 5.16. The van der Waals surface area contributed by atoms with Crippen molar-refractivity contribution in [3.8, 4) is 5.75 Å². The van der Waals surface area contributed by atoms with E-state index in [4.69, 9.17) is 4.74 Å². The Bertz CT molecular complexity index is 1000. The highest BCUT2D eigenvalue weighted by atomic mass is 32.2.